The predicted octanol–water partition coefficient (Wildman–Crippen LogP) is 2.90. The molecule has 0 saturated heterocycles. The van der Waals surface area contributed by atoms with Gasteiger partial charge in [-0.2, -0.15) is 0 Å². The molecular formula is C14H21NO2. The summed E-state index contributed by atoms with van der Waals surface area (Å²) in [5, 5.41) is 3.44. The van der Waals surface area contributed by atoms with E-state index in [1.165, 1.54) is 11.8 Å². The Labute approximate surface area is 103 Å². The maximum atomic E-state index is 5.20. The Bertz CT molecular complexity index is 339. The van der Waals surface area contributed by atoms with Crippen molar-refractivity contribution in [3.8, 4) is 5.75 Å². The zero-order chi connectivity index (χ0) is 12.5. The van der Waals surface area contributed by atoms with Crippen LogP contribution in [0.5, 0.6) is 5.75 Å². The molecule has 0 heterocycles. The molecule has 0 bridgehead atoms. The standard InChI is InChI=1S/C14H21NO2/c1-4-17-10-6-9-15-12(2)13-7-5-8-14(11-13)16-3/h4-5,7-8,11-12,15H,1,6,9-10H2,2-3H3. The highest BCUT2D eigenvalue weighted by Gasteiger charge is 2.04. The molecule has 3 nitrogen and oxygen atoms in total. The van der Waals surface area contributed by atoms with E-state index in [0.29, 0.717) is 12.6 Å². The van der Waals surface area contributed by atoms with Crippen LogP contribution < -0.4 is 10.1 Å². The van der Waals surface area contributed by atoms with Gasteiger partial charge in [0.05, 0.1) is 20.0 Å². The molecule has 0 aliphatic carbocycles. The van der Waals surface area contributed by atoms with Crippen LogP contribution in [0.25, 0.3) is 0 Å². The predicted molar refractivity (Wildman–Crippen MR) is 70.2 cm³/mol. The van der Waals surface area contributed by atoms with Crippen LogP contribution in [0.4, 0.5) is 0 Å². The van der Waals surface area contributed by atoms with E-state index in [-0.39, 0.29) is 0 Å². The number of nitrogens with one attached hydrogen (secondary N) is 1. The third-order valence-electron chi connectivity index (χ3n) is 2.60. The number of hydrogen-bond acceptors (Lipinski definition) is 3. The summed E-state index contributed by atoms with van der Waals surface area (Å²) < 4.78 is 10.3. The number of methoxy groups -OCH3 is 1. The lowest BCUT2D eigenvalue weighted by Gasteiger charge is -2.14. The fourth-order valence-corrected chi connectivity index (χ4v) is 1.59. The van der Waals surface area contributed by atoms with Crippen molar-refractivity contribution >= 4 is 0 Å². The molecule has 1 aromatic rings. The fraction of sp³-hybridized carbons (Fsp3) is 0.429. The Morgan fingerprint density at radius 3 is 3.00 bits per heavy atom. The van der Waals surface area contributed by atoms with Crippen LogP contribution in [0.2, 0.25) is 0 Å². The smallest absolute Gasteiger partial charge is 0.119 e. The van der Waals surface area contributed by atoms with Crippen LogP contribution in [0, 0.1) is 0 Å². The van der Waals surface area contributed by atoms with Crippen molar-refractivity contribution in [2.45, 2.75) is 19.4 Å². The molecule has 0 aromatic heterocycles. The fourth-order valence-electron chi connectivity index (χ4n) is 1.59. The molecule has 1 atom stereocenters. The van der Waals surface area contributed by atoms with Gasteiger partial charge in [0.2, 0.25) is 0 Å². The van der Waals surface area contributed by atoms with Crippen molar-refractivity contribution < 1.29 is 9.47 Å². The molecule has 0 aliphatic heterocycles. The number of rotatable bonds is 8. The monoisotopic (exact) mass is 235 g/mol. The minimum absolute atomic E-state index is 0.314. The van der Waals surface area contributed by atoms with Gasteiger partial charge in [0.25, 0.3) is 0 Å². The van der Waals surface area contributed by atoms with Gasteiger partial charge in [0, 0.05) is 6.04 Å². The van der Waals surface area contributed by atoms with Crippen molar-refractivity contribution in [1.82, 2.24) is 5.32 Å². The van der Waals surface area contributed by atoms with Crippen molar-refractivity contribution in [2.75, 3.05) is 20.3 Å². The topological polar surface area (TPSA) is 30.5 Å². The van der Waals surface area contributed by atoms with E-state index < -0.39 is 0 Å². The Hall–Kier alpha value is -1.48. The van der Waals surface area contributed by atoms with Crippen LogP contribution in [0.15, 0.2) is 37.1 Å². The number of ether oxygens (including phenoxy) is 2. The molecule has 1 N–H and O–H groups in total. The molecule has 0 spiro atoms. The van der Waals surface area contributed by atoms with Crippen LogP contribution in [-0.4, -0.2) is 20.3 Å². The maximum absolute atomic E-state index is 5.20. The summed E-state index contributed by atoms with van der Waals surface area (Å²) in [5.74, 6) is 0.895. The highest BCUT2D eigenvalue weighted by molar-refractivity contribution is 5.30. The maximum Gasteiger partial charge on any atom is 0.119 e. The third-order valence-corrected chi connectivity index (χ3v) is 2.60. The molecule has 94 valence electrons. The lowest BCUT2D eigenvalue weighted by Crippen LogP contribution is -2.20. The van der Waals surface area contributed by atoms with Crippen molar-refractivity contribution in [3.05, 3.63) is 42.7 Å². The summed E-state index contributed by atoms with van der Waals surface area (Å²) in [5.41, 5.74) is 1.23. The minimum Gasteiger partial charge on any atom is -0.502 e. The largest absolute Gasteiger partial charge is 0.502 e. The molecule has 0 amide bonds. The lowest BCUT2D eigenvalue weighted by molar-refractivity contribution is 0.243. The molecule has 1 aromatic carbocycles. The molecule has 0 fully saturated rings. The molecule has 0 radical (unpaired) electrons. The summed E-state index contributed by atoms with van der Waals surface area (Å²) in [6.07, 6.45) is 2.45. The first-order valence-electron chi connectivity index (χ1n) is 5.87. The average molecular weight is 235 g/mol. The van der Waals surface area contributed by atoms with Crippen LogP contribution in [0.3, 0.4) is 0 Å². The Balaban J connectivity index is 2.35. The molecule has 1 unspecified atom stereocenters. The molecule has 1 rings (SSSR count). The normalized spacial score (nSPS) is 11.9. The van der Waals surface area contributed by atoms with Crippen LogP contribution >= 0.6 is 0 Å². The van der Waals surface area contributed by atoms with Crippen LogP contribution in [-0.2, 0) is 4.74 Å². The van der Waals surface area contributed by atoms with Crippen molar-refractivity contribution in [3.63, 3.8) is 0 Å². The van der Waals surface area contributed by atoms with Gasteiger partial charge >= 0.3 is 0 Å². The third kappa shape index (κ3) is 4.91. The minimum atomic E-state index is 0.314. The summed E-state index contributed by atoms with van der Waals surface area (Å²) in [7, 11) is 1.68. The Morgan fingerprint density at radius 2 is 2.29 bits per heavy atom. The van der Waals surface area contributed by atoms with E-state index in [1.807, 2.05) is 12.1 Å². The first kappa shape index (κ1) is 13.6. The summed E-state index contributed by atoms with van der Waals surface area (Å²) >= 11 is 0. The van der Waals surface area contributed by atoms with E-state index in [4.69, 9.17) is 9.47 Å². The van der Waals surface area contributed by atoms with Gasteiger partial charge < -0.3 is 14.8 Å². The van der Waals surface area contributed by atoms with Gasteiger partial charge in [-0.15, -0.1) is 0 Å². The van der Waals surface area contributed by atoms with Gasteiger partial charge in [-0.25, -0.2) is 0 Å². The van der Waals surface area contributed by atoms with E-state index in [1.54, 1.807) is 7.11 Å². The van der Waals surface area contributed by atoms with Gasteiger partial charge in [-0.1, -0.05) is 18.7 Å². The van der Waals surface area contributed by atoms with E-state index in [0.717, 1.165) is 18.7 Å². The first-order chi connectivity index (χ1) is 8.27. The average Bonchev–Trinajstić information content (AvgIpc) is 2.38. The van der Waals surface area contributed by atoms with Gasteiger partial charge in [-0.05, 0) is 37.6 Å². The highest BCUT2D eigenvalue weighted by atomic mass is 16.5. The zero-order valence-corrected chi connectivity index (χ0v) is 10.6. The highest BCUT2D eigenvalue weighted by Crippen LogP contribution is 2.18. The van der Waals surface area contributed by atoms with Crippen molar-refractivity contribution in [2.24, 2.45) is 0 Å². The second-order valence-electron chi connectivity index (χ2n) is 3.84. The molecule has 0 aliphatic rings. The summed E-state index contributed by atoms with van der Waals surface area (Å²) in [6.45, 7) is 7.28. The molecule has 0 saturated carbocycles. The molecule has 3 heteroatoms. The first-order valence-corrected chi connectivity index (χ1v) is 5.87. The lowest BCUT2D eigenvalue weighted by atomic mass is 10.1. The molecule has 17 heavy (non-hydrogen) atoms. The van der Waals surface area contributed by atoms with Gasteiger partial charge in [0.15, 0.2) is 0 Å². The van der Waals surface area contributed by atoms with Gasteiger partial charge in [0.1, 0.15) is 5.75 Å². The number of benzene rings is 1. The van der Waals surface area contributed by atoms with E-state index >= 15 is 0 Å². The van der Waals surface area contributed by atoms with E-state index in [2.05, 4.69) is 31.0 Å². The summed E-state index contributed by atoms with van der Waals surface area (Å²) in [4.78, 5) is 0. The van der Waals surface area contributed by atoms with E-state index in [9.17, 15) is 0 Å². The zero-order valence-electron chi connectivity index (χ0n) is 10.6. The SMILES string of the molecule is C=COCCCNC(C)c1cccc(OC)c1. The van der Waals surface area contributed by atoms with Gasteiger partial charge in [-0.3, -0.25) is 0 Å². The Morgan fingerprint density at radius 1 is 1.47 bits per heavy atom. The number of hydrogen-bond donors (Lipinski definition) is 1. The Kier molecular flexibility index (Phi) is 6.18. The second kappa shape index (κ2) is 7.74. The quantitative estimate of drug-likeness (QED) is 0.555. The van der Waals surface area contributed by atoms with Crippen LogP contribution in [0.1, 0.15) is 24.9 Å². The second-order valence-corrected chi connectivity index (χ2v) is 3.84. The molecular weight excluding hydrogens is 214 g/mol. The van der Waals surface area contributed by atoms with Crippen molar-refractivity contribution in [1.29, 1.82) is 0 Å². The summed E-state index contributed by atoms with van der Waals surface area (Å²) in [6, 6.07) is 8.42.